The summed E-state index contributed by atoms with van der Waals surface area (Å²) in [6.45, 7) is 0. The van der Waals surface area contributed by atoms with Crippen molar-refractivity contribution in [2.24, 2.45) is 0 Å². The molecule has 1 heterocycles. The van der Waals surface area contributed by atoms with Gasteiger partial charge in [-0.05, 0) is 0 Å². The van der Waals surface area contributed by atoms with Crippen LogP contribution in [0.4, 0.5) is 0 Å². The van der Waals surface area contributed by atoms with Gasteiger partial charge in [0.05, 0.1) is 10.3 Å². The molecule has 0 bridgehead atoms. The van der Waals surface area contributed by atoms with E-state index < -0.39 is 0 Å². The smallest absolute Gasteiger partial charge is 0.736 e. The molecule has 0 aromatic carbocycles. The number of hydrogen-bond acceptors (Lipinski definition) is 6. The maximum Gasteiger partial charge on any atom is 2.00 e. The molecule has 0 aliphatic carbocycles. The summed E-state index contributed by atoms with van der Waals surface area (Å²) in [4.78, 5) is 0. The second-order valence-electron chi connectivity index (χ2n) is 0.965. The van der Waals surface area contributed by atoms with Crippen molar-refractivity contribution in [3.8, 4) is 0 Å². The predicted molar refractivity (Wildman–Crippen MR) is 34.6 cm³/mol. The van der Waals surface area contributed by atoms with Crippen molar-refractivity contribution in [3.05, 3.63) is 0 Å². The summed E-state index contributed by atoms with van der Waals surface area (Å²) in [5.74, 6) is 0. The molecule has 0 saturated heterocycles. The van der Waals surface area contributed by atoms with E-state index in [9.17, 15) is 0 Å². The summed E-state index contributed by atoms with van der Waals surface area (Å²) in [7, 11) is 0. The standard InChI is InChI=1S/C2H2N4S2.Sr/c7-1-3-5-2(8)6-4-1;/h(H,3,4,7)(H,5,6,8);/q;+2/p-2. The van der Waals surface area contributed by atoms with E-state index in [1.54, 1.807) is 0 Å². The molecule has 0 saturated carbocycles. The van der Waals surface area contributed by atoms with Crippen LogP contribution in [-0.2, 0) is 25.3 Å². The zero-order valence-corrected chi connectivity index (χ0v) is 9.42. The van der Waals surface area contributed by atoms with Gasteiger partial charge in [0.2, 0.25) is 0 Å². The van der Waals surface area contributed by atoms with E-state index in [0.717, 1.165) is 0 Å². The molecular formula is C2N4S2Sr. The molecular weight excluding hydrogens is 232 g/mol. The Kier molecular flexibility index (Phi) is 5.09. The molecule has 0 radical (unpaired) electrons. The van der Waals surface area contributed by atoms with E-state index in [1.807, 2.05) is 0 Å². The van der Waals surface area contributed by atoms with E-state index in [1.165, 1.54) is 0 Å². The van der Waals surface area contributed by atoms with Crippen molar-refractivity contribution in [1.82, 2.24) is 20.4 Å². The average molecular weight is 232 g/mol. The molecule has 0 spiro atoms. The molecule has 4 nitrogen and oxygen atoms in total. The summed E-state index contributed by atoms with van der Waals surface area (Å²) in [5, 5.41) is 13.7. The van der Waals surface area contributed by atoms with Crippen LogP contribution in [-0.4, -0.2) is 65.9 Å². The number of nitrogens with zero attached hydrogens (tertiary/aromatic N) is 4. The fourth-order valence-corrected chi connectivity index (χ4v) is 0.374. The Morgan fingerprint density at radius 3 is 1.22 bits per heavy atom. The van der Waals surface area contributed by atoms with E-state index in [0.29, 0.717) is 0 Å². The van der Waals surface area contributed by atoms with Gasteiger partial charge in [0.25, 0.3) is 0 Å². The Bertz CT molecular complexity index is 155. The molecule has 0 aliphatic heterocycles. The SMILES string of the molecule is [S-]c1nnc([S-])nn1.[Sr+2]. The molecule has 1 rings (SSSR count). The quantitative estimate of drug-likeness (QED) is 0.409. The average Bonchev–Trinajstić information content (AvgIpc) is 1.77. The molecule has 9 heavy (non-hydrogen) atoms. The zero-order chi connectivity index (χ0) is 5.98. The van der Waals surface area contributed by atoms with Crippen LogP contribution in [0.15, 0.2) is 10.3 Å². The van der Waals surface area contributed by atoms with Crippen LogP contribution >= 0.6 is 0 Å². The Balaban J connectivity index is 0.000000640. The van der Waals surface area contributed by atoms with Crippen LogP contribution in [0.3, 0.4) is 0 Å². The second kappa shape index (κ2) is 4.64. The fraction of sp³-hybridized carbons (Fsp3) is 0. The van der Waals surface area contributed by atoms with Gasteiger partial charge in [-0.15, -0.1) is 0 Å². The van der Waals surface area contributed by atoms with Gasteiger partial charge in [0, 0.05) is 0 Å². The largest absolute Gasteiger partial charge is 2.00 e. The van der Waals surface area contributed by atoms with Crippen molar-refractivity contribution in [1.29, 1.82) is 0 Å². The molecule has 7 heteroatoms. The van der Waals surface area contributed by atoms with Crippen molar-refractivity contribution < 1.29 is 0 Å². The fourth-order valence-electron chi connectivity index (χ4n) is 0.211. The van der Waals surface area contributed by atoms with Gasteiger partial charge in [-0.2, -0.15) is 20.4 Å². The first-order chi connectivity index (χ1) is 3.79. The molecule has 1 aromatic rings. The first-order valence-corrected chi connectivity index (χ1v) is 2.52. The molecule has 42 valence electrons. The van der Waals surface area contributed by atoms with Gasteiger partial charge in [0.15, 0.2) is 0 Å². The van der Waals surface area contributed by atoms with Crippen LogP contribution in [0.5, 0.6) is 0 Å². The molecule has 0 fully saturated rings. The van der Waals surface area contributed by atoms with Crippen molar-refractivity contribution >= 4 is 70.7 Å². The molecule has 1 aromatic heterocycles. The first kappa shape index (κ1) is 9.86. The third-order valence-corrected chi connectivity index (χ3v) is 0.769. The van der Waals surface area contributed by atoms with E-state index in [4.69, 9.17) is 0 Å². The number of rotatable bonds is 0. The number of aromatic nitrogens is 4. The Morgan fingerprint density at radius 2 is 1.00 bits per heavy atom. The molecule has 0 atom stereocenters. The minimum absolute atomic E-state index is 0. The third-order valence-electron chi connectivity index (χ3n) is 0.442. The molecule has 0 unspecified atom stereocenters. The topological polar surface area (TPSA) is 51.6 Å². The van der Waals surface area contributed by atoms with Gasteiger partial charge >= 0.3 is 45.5 Å². The van der Waals surface area contributed by atoms with Gasteiger partial charge in [-0.25, -0.2) is 0 Å². The Morgan fingerprint density at radius 1 is 0.778 bits per heavy atom. The normalized spacial score (nSPS) is 8.00. The van der Waals surface area contributed by atoms with Crippen LogP contribution < -0.4 is 0 Å². The van der Waals surface area contributed by atoms with Gasteiger partial charge in [-0.3, -0.25) is 0 Å². The van der Waals surface area contributed by atoms with Crippen LogP contribution in [0.25, 0.3) is 0 Å². The van der Waals surface area contributed by atoms with Crippen molar-refractivity contribution in [2.45, 2.75) is 10.3 Å². The Hall–Kier alpha value is 0.861. The van der Waals surface area contributed by atoms with Gasteiger partial charge < -0.3 is 25.3 Å². The van der Waals surface area contributed by atoms with E-state index in [2.05, 4.69) is 45.7 Å². The van der Waals surface area contributed by atoms with Crippen molar-refractivity contribution in [2.75, 3.05) is 0 Å². The second-order valence-corrected chi connectivity index (χ2v) is 1.70. The number of hydrogen-bond donors (Lipinski definition) is 0. The molecule has 0 amide bonds. The van der Waals surface area contributed by atoms with Crippen LogP contribution in [0, 0.1) is 0 Å². The molecule has 0 aliphatic rings. The summed E-state index contributed by atoms with van der Waals surface area (Å²) in [6.07, 6.45) is 0. The maximum atomic E-state index is 4.48. The summed E-state index contributed by atoms with van der Waals surface area (Å²) < 4.78 is 0. The first-order valence-electron chi connectivity index (χ1n) is 1.70. The van der Waals surface area contributed by atoms with Gasteiger partial charge in [0.1, 0.15) is 0 Å². The van der Waals surface area contributed by atoms with E-state index in [-0.39, 0.29) is 55.8 Å². The minimum atomic E-state index is 0. The Labute approximate surface area is 99.9 Å². The predicted octanol–water partition coefficient (Wildman–Crippen LogP) is -1.30. The minimum Gasteiger partial charge on any atom is -0.736 e. The summed E-state index contributed by atoms with van der Waals surface area (Å²) in [6, 6.07) is 0. The van der Waals surface area contributed by atoms with Crippen LogP contribution in [0.1, 0.15) is 0 Å². The summed E-state index contributed by atoms with van der Waals surface area (Å²) >= 11 is 8.96. The third kappa shape index (κ3) is 3.54. The van der Waals surface area contributed by atoms with Gasteiger partial charge in [-0.1, -0.05) is 0 Å². The van der Waals surface area contributed by atoms with Crippen molar-refractivity contribution in [3.63, 3.8) is 0 Å². The van der Waals surface area contributed by atoms with E-state index >= 15 is 0 Å². The molecule has 0 N–H and O–H groups in total. The van der Waals surface area contributed by atoms with Crippen LogP contribution in [0.2, 0.25) is 0 Å². The summed E-state index contributed by atoms with van der Waals surface area (Å²) in [5.41, 5.74) is 0. The maximum absolute atomic E-state index is 4.48. The zero-order valence-electron chi connectivity index (χ0n) is 4.31. The monoisotopic (exact) mass is 232 g/mol.